The molecule has 0 saturated heterocycles. The second kappa shape index (κ2) is 12.6. The number of aromatic nitrogens is 3. The topological polar surface area (TPSA) is 51.8 Å². The van der Waals surface area contributed by atoms with Gasteiger partial charge in [0, 0.05) is 27.5 Å². The Bertz CT molecular complexity index is 3260. The van der Waals surface area contributed by atoms with E-state index in [1.165, 1.54) is 16.5 Å². The van der Waals surface area contributed by atoms with Crippen molar-refractivity contribution in [3.8, 4) is 56.4 Å². The Balaban J connectivity index is 1.11. The number of fused-ring (bicyclic) bond motifs is 7. The third-order valence-corrected chi connectivity index (χ3v) is 10.7. The Labute approximate surface area is 317 Å². The summed E-state index contributed by atoms with van der Waals surface area (Å²) in [4.78, 5) is 15.6. The lowest BCUT2D eigenvalue weighted by molar-refractivity contribution is 0.669. The van der Waals surface area contributed by atoms with Crippen LogP contribution in [0.3, 0.4) is 0 Å². The smallest absolute Gasteiger partial charge is 0.164 e. The lowest BCUT2D eigenvalue weighted by Gasteiger charge is -2.12. The lowest BCUT2D eigenvalue weighted by atomic mass is 9.97. The normalized spacial score (nSPS) is 11.6. The number of hydrogen-bond acceptors (Lipinski definition) is 4. The Kier molecular flexibility index (Phi) is 7.14. The summed E-state index contributed by atoms with van der Waals surface area (Å²) >= 11 is 0. The molecule has 0 aliphatic heterocycles. The Morgan fingerprint density at radius 3 is 1.47 bits per heavy atom. The van der Waals surface area contributed by atoms with E-state index in [0.29, 0.717) is 17.5 Å². The summed E-state index contributed by atoms with van der Waals surface area (Å²) in [5, 5.41) is 8.89. The number of furan rings is 1. The van der Waals surface area contributed by atoms with Crippen molar-refractivity contribution in [1.82, 2.24) is 15.0 Å². The molecule has 0 N–H and O–H groups in total. The summed E-state index contributed by atoms with van der Waals surface area (Å²) in [5.74, 6) is 1.83. The Hall–Kier alpha value is -7.43. The maximum atomic E-state index is 6.68. The fourth-order valence-corrected chi connectivity index (χ4v) is 7.91. The highest BCUT2D eigenvalue weighted by atomic mass is 16.3. The average molecular weight is 702 g/mol. The molecule has 55 heavy (non-hydrogen) atoms. The van der Waals surface area contributed by atoms with Crippen molar-refractivity contribution < 1.29 is 4.42 Å². The standard InChI is InChI=1S/C51H31N3O/c1-3-11-32(12-4-1)36-20-21-38-29-41(24-22-37(38)27-36)50-52-49(40-23-19-34-15-7-8-16-35(34)28-40)53-51(54-50)45-31-47-48(43-18-10-9-17-42(43)45)44-26-25-39(30-46(44)55-47)33-13-5-2-6-14-33/h1-31H. The zero-order chi connectivity index (χ0) is 36.3. The molecular formula is C51H31N3O. The first kappa shape index (κ1) is 31.1. The predicted octanol–water partition coefficient (Wildman–Crippen LogP) is 13.6. The molecular weight excluding hydrogens is 671 g/mol. The van der Waals surface area contributed by atoms with Crippen LogP contribution in [0.25, 0.3) is 111 Å². The first-order valence-corrected chi connectivity index (χ1v) is 18.5. The first-order valence-electron chi connectivity index (χ1n) is 18.5. The van der Waals surface area contributed by atoms with Gasteiger partial charge in [-0.05, 0) is 91.0 Å². The van der Waals surface area contributed by atoms with Gasteiger partial charge in [-0.15, -0.1) is 0 Å². The minimum atomic E-state index is 0.594. The summed E-state index contributed by atoms with van der Waals surface area (Å²) in [6.45, 7) is 0. The third-order valence-electron chi connectivity index (χ3n) is 10.7. The maximum Gasteiger partial charge on any atom is 0.164 e. The van der Waals surface area contributed by atoms with Gasteiger partial charge in [0.25, 0.3) is 0 Å². The molecule has 0 saturated carbocycles. The number of nitrogens with zero attached hydrogens (tertiary/aromatic N) is 3. The van der Waals surface area contributed by atoms with Gasteiger partial charge in [-0.2, -0.15) is 0 Å². The highest BCUT2D eigenvalue weighted by molar-refractivity contribution is 6.22. The quantitative estimate of drug-likeness (QED) is 0.179. The van der Waals surface area contributed by atoms with Crippen LogP contribution >= 0.6 is 0 Å². The molecule has 11 aromatic rings. The van der Waals surface area contributed by atoms with E-state index in [2.05, 4.69) is 176 Å². The van der Waals surface area contributed by atoms with Crippen LogP contribution in [0.5, 0.6) is 0 Å². The van der Waals surface area contributed by atoms with Gasteiger partial charge < -0.3 is 4.42 Å². The molecule has 2 aromatic heterocycles. The van der Waals surface area contributed by atoms with Crippen molar-refractivity contribution >= 4 is 54.3 Å². The van der Waals surface area contributed by atoms with E-state index in [-0.39, 0.29) is 0 Å². The zero-order valence-corrected chi connectivity index (χ0v) is 29.6. The van der Waals surface area contributed by atoms with Gasteiger partial charge in [0.1, 0.15) is 11.2 Å². The SMILES string of the molecule is c1ccc(-c2ccc3cc(-c4nc(-c5ccc6ccccc6c5)nc(-c5cc6oc7cc(-c8ccccc8)ccc7c6c6ccccc56)n4)ccc3c2)cc1. The molecule has 0 radical (unpaired) electrons. The van der Waals surface area contributed by atoms with E-state index < -0.39 is 0 Å². The van der Waals surface area contributed by atoms with Crippen LogP contribution in [0, 0.1) is 0 Å². The third kappa shape index (κ3) is 5.43. The van der Waals surface area contributed by atoms with Crippen molar-refractivity contribution in [1.29, 1.82) is 0 Å². The molecule has 0 bridgehead atoms. The van der Waals surface area contributed by atoms with Crippen LogP contribution in [0.4, 0.5) is 0 Å². The fourth-order valence-electron chi connectivity index (χ4n) is 7.91. The molecule has 256 valence electrons. The van der Waals surface area contributed by atoms with E-state index in [1.807, 2.05) is 12.1 Å². The number of rotatable bonds is 5. The molecule has 0 spiro atoms. The molecule has 0 atom stereocenters. The highest BCUT2D eigenvalue weighted by Gasteiger charge is 2.20. The second-order valence-electron chi connectivity index (χ2n) is 14.0. The Morgan fingerprint density at radius 2 is 0.782 bits per heavy atom. The summed E-state index contributed by atoms with van der Waals surface area (Å²) < 4.78 is 6.68. The second-order valence-corrected chi connectivity index (χ2v) is 14.0. The molecule has 0 unspecified atom stereocenters. The fraction of sp³-hybridized carbons (Fsp3) is 0. The van der Waals surface area contributed by atoms with E-state index in [1.54, 1.807) is 0 Å². The van der Waals surface area contributed by atoms with E-state index in [4.69, 9.17) is 19.4 Å². The molecule has 0 aliphatic rings. The summed E-state index contributed by atoms with van der Waals surface area (Å²) in [5.41, 5.74) is 9.04. The minimum absolute atomic E-state index is 0.594. The van der Waals surface area contributed by atoms with Gasteiger partial charge in [-0.3, -0.25) is 0 Å². The molecule has 4 heteroatoms. The first-order chi connectivity index (χ1) is 27.2. The van der Waals surface area contributed by atoms with Gasteiger partial charge in [-0.1, -0.05) is 152 Å². The van der Waals surface area contributed by atoms with Gasteiger partial charge in [-0.25, -0.2) is 15.0 Å². The van der Waals surface area contributed by atoms with Gasteiger partial charge in [0.2, 0.25) is 0 Å². The van der Waals surface area contributed by atoms with Crippen LogP contribution < -0.4 is 0 Å². The number of benzene rings is 9. The summed E-state index contributed by atoms with van der Waals surface area (Å²) in [6.07, 6.45) is 0. The molecule has 2 heterocycles. The molecule has 0 amide bonds. The maximum absolute atomic E-state index is 6.68. The van der Waals surface area contributed by atoms with Crippen molar-refractivity contribution in [3.63, 3.8) is 0 Å². The summed E-state index contributed by atoms with van der Waals surface area (Å²) in [7, 11) is 0. The van der Waals surface area contributed by atoms with Crippen molar-refractivity contribution in [2.45, 2.75) is 0 Å². The predicted molar refractivity (Wildman–Crippen MR) is 227 cm³/mol. The van der Waals surface area contributed by atoms with Crippen LogP contribution in [-0.4, -0.2) is 15.0 Å². The van der Waals surface area contributed by atoms with Crippen LogP contribution in [0.1, 0.15) is 0 Å². The molecule has 9 aromatic carbocycles. The molecule has 11 rings (SSSR count). The van der Waals surface area contributed by atoms with E-state index >= 15 is 0 Å². The summed E-state index contributed by atoms with van der Waals surface area (Å²) in [6, 6.07) is 65.8. The van der Waals surface area contributed by atoms with E-state index in [9.17, 15) is 0 Å². The van der Waals surface area contributed by atoms with Gasteiger partial charge >= 0.3 is 0 Å². The molecule has 0 fully saturated rings. The van der Waals surface area contributed by atoms with Crippen molar-refractivity contribution in [2.24, 2.45) is 0 Å². The van der Waals surface area contributed by atoms with Crippen molar-refractivity contribution in [3.05, 3.63) is 188 Å². The highest BCUT2D eigenvalue weighted by Crippen LogP contribution is 2.41. The Morgan fingerprint density at radius 1 is 0.291 bits per heavy atom. The zero-order valence-electron chi connectivity index (χ0n) is 29.6. The van der Waals surface area contributed by atoms with Crippen molar-refractivity contribution in [2.75, 3.05) is 0 Å². The minimum Gasteiger partial charge on any atom is -0.456 e. The molecule has 4 nitrogen and oxygen atoms in total. The molecule has 0 aliphatic carbocycles. The average Bonchev–Trinajstić information content (AvgIpc) is 3.64. The van der Waals surface area contributed by atoms with E-state index in [0.717, 1.165) is 76.7 Å². The van der Waals surface area contributed by atoms with Gasteiger partial charge in [0.05, 0.1) is 0 Å². The largest absolute Gasteiger partial charge is 0.456 e. The van der Waals surface area contributed by atoms with Crippen LogP contribution in [-0.2, 0) is 0 Å². The van der Waals surface area contributed by atoms with Gasteiger partial charge in [0.15, 0.2) is 17.5 Å². The monoisotopic (exact) mass is 701 g/mol. The van der Waals surface area contributed by atoms with Crippen LogP contribution in [0.15, 0.2) is 192 Å². The van der Waals surface area contributed by atoms with Crippen LogP contribution in [0.2, 0.25) is 0 Å². The number of hydrogen-bond donors (Lipinski definition) is 0. The lowest BCUT2D eigenvalue weighted by Crippen LogP contribution is -2.01.